The second-order valence-corrected chi connectivity index (χ2v) is 6.59. The Labute approximate surface area is 95.6 Å². The molecule has 0 radical (unpaired) electrons. The van der Waals surface area contributed by atoms with Crippen LogP contribution in [0.3, 0.4) is 0 Å². The Hall–Kier alpha value is -1.34. The summed E-state index contributed by atoms with van der Waals surface area (Å²) in [4.78, 5) is 0. The molecule has 0 heterocycles. The van der Waals surface area contributed by atoms with Crippen LogP contribution in [0.5, 0.6) is 0 Å². The van der Waals surface area contributed by atoms with Crippen molar-refractivity contribution in [2.24, 2.45) is 5.92 Å². The normalized spacial score (nSPS) is 28.4. The zero-order chi connectivity index (χ0) is 11.9. The molecule has 1 aromatic rings. The molecule has 0 aromatic heterocycles. The number of hydrogen-bond donors (Lipinski definition) is 0. The molecule has 1 fully saturated rings. The van der Waals surface area contributed by atoms with E-state index in [2.05, 4.69) is 6.07 Å². The predicted molar refractivity (Wildman–Crippen MR) is 61.7 cm³/mol. The van der Waals surface area contributed by atoms with Crippen molar-refractivity contribution in [1.82, 2.24) is 0 Å². The van der Waals surface area contributed by atoms with Gasteiger partial charge in [0, 0.05) is 12.2 Å². The molecule has 3 unspecified atom stereocenters. The van der Waals surface area contributed by atoms with Crippen LogP contribution in [0.15, 0.2) is 24.3 Å². The van der Waals surface area contributed by atoms with Crippen LogP contribution in [-0.4, -0.2) is 19.9 Å². The molecule has 0 bridgehead atoms. The molecular weight excluding hydrogens is 222 g/mol. The molecule has 0 amide bonds. The first-order valence-electron chi connectivity index (χ1n) is 5.10. The van der Waals surface area contributed by atoms with Crippen LogP contribution < -0.4 is 0 Å². The van der Waals surface area contributed by atoms with Crippen molar-refractivity contribution in [1.29, 1.82) is 5.26 Å². The van der Waals surface area contributed by atoms with Crippen LogP contribution >= 0.6 is 0 Å². The number of aryl methyl sites for hydroxylation is 1. The molecule has 3 atom stereocenters. The average molecular weight is 235 g/mol. The van der Waals surface area contributed by atoms with E-state index in [4.69, 9.17) is 5.26 Å². The molecule has 3 nitrogen and oxygen atoms in total. The van der Waals surface area contributed by atoms with Gasteiger partial charge < -0.3 is 0 Å². The summed E-state index contributed by atoms with van der Waals surface area (Å²) in [5.74, 6) is -0.515. The van der Waals surface area contributed by atoms with E-state index in [0.717, 1.165) is 11.1 Å². The third kappa shape index (κ3) is 1.83. The van der Waals surface area contributed by atoms with Crippen LogP contribution in [-0.2, 0) is 9.84 Å². The summed E-state index contributed by atoms with van der Waals surface area (Å²) in [6, 6.07) is 9.80. The van der Waals surface area contributed by atoms with Gasteiger partial charge in [-0.15, -0.1) is 0 Å². The van der Waals surface area contributed by atoms with E-state index < -0.39 is 15.1 Å². The molecule has 1 aliphatic rings. The van der Waals surface area contributed by atoms with E-state index in [9.17, 15) is 8.42 Å². The molecule has 0 saturated heterocycles. The maximum Gasteiger partial charge on any atom is 0.152 e. The lowest BCUT2D eigenvalue weighted by atomic mass is 10.1. The monoisotopic (exact) mass is 235 g/mol. The van der Waals surface area contributed by atoms with Gasteiger partial charge in [-0.05, 0) is 12.5 Å². The minimum Gasteiger partial charge on any atom is -0.229 e. The Morgan fingerprint density at radius 3 is 2.19 bits per heavy atom. The van der Waals surface area contributed by atoms with Gasteiger partial charge in [-0.2, -0.15) is 5.26 Å². The van der Waals surface area contributed by atoms with Gasteiger partial charge in [0.1, 0.15) is 0 Å². The largest absolute Gasteiger partial charge is 0.229 e. The fourth-order valence-corrected chi connectivity index (χ4v) is 3.69. The molecule has 84 valence electrons. The first-order valence-corrected chi connectivity index (χ1v) is 7.05. The number of rotatable bonds is 2. The fourth-order valence-electron chi connectivity index (χ4n) is 2.16. The second-order valence-electron chi connectivity index (χ2n) is 4.39. The summed E-state index contributed by atoms with van der Waals surface area (Å²) in [5, 5.41) is 8.40. The van der Waals surface area contributed by atoms with E-state index in [1.165, 1.54) is 6.26 Å². The molecule has 16 heavy (non-hydrogen) atoms. The zero-order valence-electron chi connectivity index (χ0n) is 9.21. The van der Waals surface area contributed by atoms with Gasteiger partial charge in [0.05, 0.1) is 17.2 Å². The van der Waals surface area contributed by atoms with Crippen molar-refractivity contribution in [3.8, 4) is 6.07 Å². The zero-order valence-corrected chi connectivity index (χ0v) is 10.0. The highest BCUT2D eigenvalue weighted by Gasteiger charge is 2.57. The SMILES string of the molecule is Cc1ccc(C2C(C#N)C2S(C)(=O)=O)cc1. The maximum atomic E-state index is 11.5. The van der Waals surface area contributed by atoms with Gasteiger partial charge in [-0.1, -0.05) is 29.8 Å². The highest BCUT2D eigenvalue weighted by Crippen LogP contribution is 2.51. The lowest BCUT2D eigenvalue weighted by Crippen LogP contribution is -2.06. The average Bonchev–Trinajstić information content (AvgIpc) is 2.92. The van der Waals surface area contributed by atoms with Crippen LogP contribution in [0.2, 0.25) is 0 Å². The molecular formula is C12H13NO2S. The van der Waals surface area contributed by atoms with Crippen molar-refractivity contribution in [3.05, 3.63) is 35.4 Å². The van der Waals surface area contributed by atoms with Gasteiger partial charge in [0.25, 0.3) is 0 Å². The predicted octanol–water partition coefficient (Wildman–Crippen LogP) is 1.65. The highest BCUT2D eigenvalue weighted by atomic mass is 32.2. The highest BCUT2D eigenvalue weighted by molar-refractivity contribution is 7.91. The van der Waals surface area contributed by atoms with Gasteiger partial charge in [0.2, 0.25) is 0 Å². The summed E-state index contributed by atoms with van der Waals surface area (Å²) >= 11 is 0. The summed E-state index contributed by atoms with van der Waals surface area (Å²) in [6.45, 7) is 1.98. The molecule has 0 spiro atoms. The Balaban J connectivity index is 2.31. The molecule has 1 aromatic carbocycles. The van der Waals surface area contributed by atoms with Crippen molar-refractivity contribution in [3.63, 3.8) is 0 Å². The molecule has 1 aliphatic carbocycles. The van der Waals surface area contributed by atoms with Gasteiger partial charge in [-0.3, -0.25) is 0 Å². The quantitative estimate of drug-likeness (QED) is 0.783. The number of nitriles is 1. The molecule has 2 rings (SSSR count). The van der Waals surface area contributed by atoms with E-state index in [0.29, 0.717) is 0 Å². The van der Waals surface area contributed by atoms with Crippen LogP contribution in [0.25, 0.3) is 0 Å². The molecule has 0 N–H and O–H groups in total. The summed E-state index contributed by atoms with van der Waals surface area (Å²) in [7, 11) is -3.12. The standard InChI is InChI=1S/C12H13NO2S/c1-8-3-5-9(6-4-8)11-10(7-13)12(11)16(2,14)15/h3-6,10-12H,1-2H3. The van der Waals surface area contributed by atoms with E-state index in [-0.39, 0.29) is 11.8 Å². The van der Waals surface area contributed by atoms with Gasteiger partial charge in [0.15, 0.2) is 9.84 Å². The van der Waals surface area contributed by atoms with Gasteiger partial charge in [-0.25, -0.2) is 8.42 Å². The Morgan fingerprint density at radius 2 is 1.81 bits per heavy atom. The third-order valence-electron chi connectivity index (χ3n) is 3.06. The van der Waals surface area contributed by atoms with Crippen molar-refractivity contribution >= 4 is 9.84 Å². The Bertz CT molecular complexity index is 539. The topological polar surface area (TPSA) is 57.9 Å². The first-order chi connectivity index (χ1) is 7.45. The number of sulfone groups is 1. The number of benzene rings is 1. The van der Waals surface area contributed by atoms with Crippen LogP contribution in [0.4, 0.5) is 0 Å². The summed E-state index contributed by atoms with van der Waals surface area (Å²) in [5.41, 5.74) is 2.08. The molecule has 0 aliphatic heterocycles. The third-order valence-corrected chi connectivity index (χ3v) is 4.63. The summed E-state index contributed by atoms with van der Waals surface area (Å²) < 4.78 is 22.9. The van der Waals surface area contributed by atoms with E-state index in [1.807, 2.05) is 31.2 Å². The molecule has 1 saturated carbocycles. The van der Waals surface area contributed by atoms with E-state index in [1.54, 1.807) is 0 Å². The van der Waals surface area contributed by atoms with Crippen molar-refractivity contribution in [2.45, 2.75) is 18.1 Å². The van der Waals surface area contributed by atoms with Crippen molar-refractivity contribution < 1.29 is 8.42 Å². The Kier molecular flexibility index (Phi) is 2.51. The fraction of sp³-hybridized carbons (Fsp3) is 0.417. The van der Waals surface area contributed by atoms with E-state index >= 15 is 0 Å². The van der Waals surface area contributed by atoms with Crippen molar-refractivity contribution in [2.75, 3.05) is 6.26 Å². The maximum absolute atomic E-state index is 11.5. The van der Waals surface area contributed by atoms with Gasteiger partial charge >= 0.3 is 0 Å². The minimum atomic E-state index is -3.12. The van der Waals surface area contributed by atoms with Crippen LogP contribution in [0, 0.1) is 24.2 Å². The van der Waals surface area contributed by atoms with Crippen LogP contribution in [0.1, 0.15) is 17.0 Å². The minimum absolute atomic E-state index is 0.138. The smallest absolute Gasteiger partial charge is 0.152 e. The first kappa shape index (κ1) is 11.2. The second kappa shape index (κ2) is 3.60. The number of nitrogens with zero attached hydrogens (tertiary/aromatic N) is 1. The Morgan fingerprint density at radius 1 is 1.25 bits per heavy atom. The lowest BCUT2D eigenvalue weighted by Gasteiger charge is -1.99. The lowest BCUT2D eigenvalue weighted by molar-refractivity contribution is 0.599. The summed E-state index contributed by atoms with van der Waals surface area (Å²) in [6.07, 6.45) is 1.20. The molecule has 4 heteroatoms. The number of hydrogen-bond acceptors (Lipinski definition) is 3.